The lowest BCUT2D eigenvalue weighted by Crippen LogP contribution is -2.54. The summed E-state index contributed by atoms with van der Waals surface area (Å²) in [6.07, 6.45) is -2.95. The smallest absolute Gasteiger partial charge is 0.465 e. The predicted molar refractivity (Wildman–Crippen MR) is 155 cm³/mol. The molecular weight excluding hydrogens is 583 g/mol. The maximum Gasteiger partial charge on any atom is 0.573 e. The Bertz CT molecular complexity index is 1650. The molecule has 1 unspecified atom stereocenters. The first-order chi connectivity index (χ1) is 20.9. The van der Waals surface area contributed by atoms with Crippen molar-refractivity contribution in [3.8, 4) is 11.4 Å². The number of nitrogens with one attached hydrogen (secondary N) is 2. The van der Waals surface area contributed by atoms with Gasteiger partial charge in [-0.1, -0.05) is 0 Å². The van der Waals surface area contributed by atoms with Crippen LogP contribution in [0.5, 0.6) is 5.75 Å². The maximum absolute atomic E-state index is 13.5. The van der Waals surface area contributed by atoms with E-state index in [-0.39, 0.29) is 22.8 Å². The van der Waals surface area contributed by atoms with Crippen molar-refractivity contribution in [3.63, 3.8) is 0 Å². The van der Waals surface area contributed by atoms with Gasteiger partial charge in [-0.2, -0.15) is 0 Å². The van der Waals surface area contributed by atoms with Crippen molar-refractivity contribution < 1.29 is 32.6 Å². The van der Waals surface area contributed by atoms with E-state index in [9.17, 15) is 27.6 Å². The standard InChI is InChI=1S/C29H32F3N7O5/c1-36-10-12-38(13-11-36)28(7-8-28)26(41)35-23-15-20(3-5-24(23)44-29(30,31)32)39-17-33-22-14-19(2-4-21(22)25(39)40)37-9-6-18(16-37)34-27(42)43/h2-5,14-15,17-18,34H,6-13,16H2,1H3,(H,35,41)(H,42,43). The van der Waals surface area contributed by atoms with E-state index in [1.54, 1.807) is 18.2 Å². The molecule has 1 aliphatic carbocycles. The van der Waals surface area contributed by atoms with Crippen molar-refractivity contribution in [2.75, 3.05) is 56.5 Å². The Morgan fingerprint density at radius 3 is 2.45 bits per heavy atom. The molecule has 2 amide bonds. The molecule has 12 nitrogen and oxygen atoms in total. The van der Waals surface area contributed by atoms with Gasteiger partial charge in [0.15, 0.2) is 5.75 Å². The summed E-state index contributed by atoms with van der Waals surface area (Å²) in [4.78, 5) is 48.6. The molecule has 15 heteroatoms. The number of piperazine rings is 1. The third-order valence-corrected chi connectivity index (χ3v) is 8.59. The van der Waals surface area contributed by atoms with Gasteiger partial charge in [-0.15, -0.1) is 13.2 Å². The molecule has 3 aromatic rings. The quantitative estimate of drug-likeness (QED) is 0.367. The molecule has 3 aliphatic rings. The monoisotopic (exact) mass is 615 g/mol. The van der Waals surface area contributed by atoms with Crippen LogP contribution in [0.2, 0.25) is 0 Å². The number of alkyl halides is 3. The number of aromatic nitrogens is 2. The summed E-state index contributed by atoms with van der Waals surface area (Å²) in [5, 5.41) is 14.4. The van der Waals surface area contributed by atoms with Crippen LogP contribution in [0, 0.1) is 0 Å². The van der Waals surface area contributed by atoms with Crippen molar-refractivity contribution in [2.45, 2.75) is 37.2 Å². The molecule has 3 fully saturated rings. The minimum absolute atomic E-state index is 0.199. The highest BCUT2D eigenvalue weighted by Gasteiger charge is 2.55. The Hall–Kier alpha value is -4.37. The zero-order chi connectivity index (χ0) is 31.2. The van der Waals surface area contributed by atoms with Crippen molar-refractivity contribution in [2.24, 2.45) is 0 Å². The molecule has 0 bridgehead atoms. The van der Waals surface area contributed by atoms with Crippen LogP contribution < -0.4 is 25.8 Å². The van der Waals surface area contributed by atoms with Crippen LogP contribution in [-0.4, -0.2) is 101 Å². The van der Waals surface area contributed by atoms with E-state index in [0.717, 1.165) is 24.8 Å². The van der Waals surface area contributed by atoms with Gasteiger partial charge in [-0.3, -0.25) is 19.1 Å². The summed E-state index contributed by atoms with van der Waals surface area (Å²) >= 11 is 0. The van der Waals surface area contributed by atoms with Crippen LogP contribution in [0.25, 0.3) is 16.6 Å². The van der Waals surface area contributed by atoms with Gasteiger partial charge in [0, 0.05) is 45.0 Å². The molecule has 0 spiro atoms. The molecule has 234 valence electrons. The van der Waals surface area contributed by atoms with Gasteiger partial charge in [0.25, 0.3) is 5.56 Å². The van der Waals surface area contributed by atoms with Gasteiger partial charge in [0.2, 0.25) is 5.91 Å². The molecular formula is C29H32F3N7O5. The van der Waals surface area contributed by atoms with E-state index in [1.165, 1.54) is 23.0 Å². The predicted octanol–water partition coefficient (Wildman–Crippen LogP) is 2.85. The Morgan fingerprint density at radius 1 is 1.05 bits per heavy atom. The summed E-state index contributed by atoms with van der Waals surface area (Å²) < 4.78 is 45.2. The second-order valence-electron chi connectivity index (χ2n) is 11.5. The fourth-order valence-corrected chi connectivity index (χ4v) is 6.04. The van der Waals surface area contributed by atoms with Crippen LogP contribution in [0.1, 0.15) is 19.3 Å². The molecule has 2 saturated heterocycles. The van der Waals surface area contributed by atoms with Gasteiger partial charge in [-0.05, 0) is 62.7 Å². The highest BCUT2D eigenvalue weighted by Crippen LogP contribution is 2.44. The molecule has 6 rings (SSSR count). The Balaban J connectivity index is 1.28. The highest BCUT2D eigenvalue weighted by atomic mass is 19.4. The number of hydrogen-bond donors (Lipinski definition) is 3. The minimum Gasteiger partial charge on any atom is -0.465 e. The third-order valence-electron chi connectivity index (χ3n) is 8.59. The number of ether oxygens (including phenoxy) is 1. The van der Waals surface area contributed by atoms with Gasteiger partial charge in [-0.25, -0.2) is 9.78 Å². The van der Waals surface area contributed by atoms with E-state index in [4.69, 9.17) is 5.11 Å². The first-order valence-corrected chi connectivity index (χ1v) is 14.3. The minimum atomic E-state index is -4.99. The molecule has 0 radical (unpaired) electrons. The third kappa shape index (κ3) is 6.01. The molecule has 1 saturated carbocycles. The number of halogens is 3. The molecule has 44 heavy (non-hydrogen) atoms. The molecule has 2 aromatic carbocycles. The zero-order valence-corrected chi connectivity index (χ0v) is 23.9. The molecule has 3 heterocycles. The number of carbonyl (C=O) groups is 2. The van der Waals surface area contributed by atoms with Crippen molar-refractivity contribution in [1.82, 2.24) is 24.7 Å². The van der Waals surface area contributed by atoms with E-state index in [2.05, 4.69) is 30.2 Å². The molecule has 2 aliphatic heterocycles. The lowest BCUT2D eigenvalue weighted by Gasteiger charge is -2.37. The first kappa shape index (κ1) is 29.7. The maximum atomic E-state index is 13.5. The number of rotatable bonds is 7. The first-order valence-electron chi connectivity index (χ1n) is 14.3. The highest BCUT2D eigenvalue weighted by molar-refractivity contribution is 6.01. The van der Waals surface area contributed by atoms with Gasteiger partial charge >= 0.3 is 12.5 Å². The van der Waals surface area contributed by atoms with Gasteiger partial charge in [0.1, 0.15) is 11.9 Å². The van der Waals surface area contributed by atoms with Crippen LogP contribution in [0.4, 0.5) is 29.3 Å². The van der Waals surface area contributed by atoms with E-state index in [0.29, 0.717) is 51.0 Å². The average Bonchev–Trinajstić information content (AvgIpc) is 3.66. The number of fused-ring (bicyclic) bond motifs is 1. The lowest BCUT2D eigenvalue weighted by atomic mass is 10.1. The van der Waals surface area contributed by atoms with Crippen molar-refractivity contribution >= 4 is 34.3 Å². The van der Waals surface area contributed by atoms with Crippen LogP contribution in [0.3, 0.4) is 0 Å². The Morgan fingerprint density at radius 2 is 1.77 bits per heavy atom. The topological polar surface area (TPSA) is 132 Å². The largest absolute Gasteiger partial charge is 0.573 e. The second-order valence-corrected chi connectivity index (χ2v) is 11.5. The number of anilines is 2. The van der Waals surface area contributed by atoms with Crippen molar-refractivity contribution in [1.29, 1.82) is 0 Å². The summed E-state index contributed by atoms with van der Waals surface area (Å²) in [5.41, 5.74) is -0.0517. The number of nitrogens with zero attached hydrogens (tertiary/aromatic N) is 5. The number of benzene rings is 2. The molecule has 3 N–H and O–H groups in total. The fraction of sp³-hybridized carbons (Fsp3) is 0.448. The normalized spacial score (nSPS) is 20.5. The Kier molecular flexibility index (Phi) is 7.61. The number of hydrogen-bond acceptors (Lipinski definition) is 8. The van der Waals surface area contributed by atoms with Gasteiger partial charge in [0.05, 0.1) is 28.3 Å². The fourth-order valence-electron chi connectivity index (χ4n) is 6.04. The van der Waals surface area contributed by atoms with E-state index < -0.39 is 35.2 Å². The van der Waals surface area contributed by atoms with E-state index in [1.807, 2.05) is 11.9 Å². The zero-order valence-electron chi connectivity index (χ0n) is 23.9. The summed E-state index contributed by atoms with van der Waals surface area (Å²) in [6.45, 7) is 4.02. The molecule has 1 atom stereocenters. The molecule has 1 aromatic heterocycles. The lowest BCUT2D eigenvalue weighted by molar-refractivity contribution is -0.274. The number of carbonyl (C=O) groups excluding carboxylic acids is 1. The number of amides is 2. The van der Waals surface area contributed by atoms with Crippen LogP contribution in [0.15, 0.2) is 47.5 Å². The van der Waals surface area contributed by atoms with E-state index >= 15 is 0 Å². The summed E-state index contributed by atoms with van der Waals surface area (Å²) in [7, 11) is 2.00. The summed E-state index contributed by atoms with van der Waals surface area (Å²) in [6, 6.07) is 8.55. The van der Waals surface area contributed by atoms with Crippen molar-refractivity contribution in [3.05, 3.63) is 53.1 Å². The second kappa shape index (κ2) is 11.3. The van der Waals surface area contributed by atoms with Gasteiger partial charge < -0.3 is 30.3 Å². The number of likely N-dealkylation sites (N-methyl/N-ethyl adjacent to an activating group) is 1. The SMILES string of the molecule is CN1CCN(C2(C(=O)Nc3cc(-n4cnc5cc(N6CCC(NC(=O)O)C6)ccc5c4=O)ccc3OC(F)(F)F)CC2)CC1. The van der Waals surface area contributed by atoms with Crippen LogP contribution in [-0.2, 0) is 4.79 Å². The Labute approximate surface area is 250 Å². The summed E-state index contributed by atoms with van der Waals surface area (Å²) in [5.74, 6) is -0.998. The average molecular weight is 616 g/mol. The number of carboxylic acid groups (broad SMARTS) is 1. The van der Waals surface area contributed by atoms with Crippen LogP contribution >= 0.6 is 0 Å².